The quantitative estimate of drug-likeness (QED) is 0.542. The highest BCUT2D eigenvalue weighted by Gasteiger charge is 2.42. The van der Waals surface area contributed by atoms with Gasteiger partial charge in [-0.25, -0.2) is 0 Å². The number of nitrogen functional groups attached to an aromatic ring is 1. The fourth-order valence-electron chi connectivity index (χ4n) is 2.70. The second-order valence-electron chi connectivity index (χ2n) is 5.63. The van der Waals surface area contributed by atoms with Crippen LogP contribution < -0.4 is 16.6 Å². The molecule has 3 N–H and O–H groups in total. The van der Waals surface area contributed by atoms with Crippen molar-refractivity contribution >= 4 is 29.2 Å². The van der Waals surface area contributed by atoms with E-state index in [9.17, 15) is 40.7 Å². The number of carbonyl (C=O) groups is 2. The first-order chi connectivity index (χ1) is 12.7. The van der Waals surface area contributed by atoms with Gasteiger partial charge in [0, 0.05) is 6.07 Å². The topological polar surface area (TPSA) is 94.2 Å². The van der Waals surface area contributed by atoms with E-state index in [1.807, 2.05) is 5.32 Å². The van der Waals surface area contributed by atoms with Crippen LogP contribution in [0.4, 0.5) is 32.2 Å². The molecule has 1 aromatic carbocycles. The van der Waals surface area contributed by atoms with Crippen molar-refractivity contribution in [2.45, 2.75) is 12.4 Å². The normalized spacial score (nSPS) is 14.2. The Morgan fingerprint density at radius 3 is 1.86 bits per heavy atom. The molecule has 1 aliphatic rings. The lowest BCUT2D eigenvalue weighted by Crippen LogP contribution is -2.25. The Hall–Kier alpha value is -3.02. The zero-order chi connectivity index (χ0) is 21.2. The van der Waals surface area contributed by atoms with Gasteiger partial charge in [0.25, 0.3) is 17.4 Å². The molecule has 2 aromatic rings. The first kappa shape index (κ1) is 19.7. The largest absolute Gasteiger partial charge is 0.417 e. The summed E-state index contributed by atoms with van der Waals surface area (Å²) in [4.78, 5) is 35.6. The fraction of sp³-hybridized carbons (Fsp3) is 0.133. The van der Waals surface area contributed by atoms with Gasteiger partial charge < -0.3 is 5.73 Å². The minimum Gasteiger partial charge on any atom is -0.384 e. The van der Waals surface area contributed by atoms with Crippen LogP contribution in [0.15, 0.2) is 23.0 Å². The summed E-state index contributed by atoms with van der Waals surface area (Å²) in [5.74, 6) is -2.82. The zero-order valence-corrected chi connectivity index (χ0v) is 13.9. The standard InChI is InChI=1S/C15H6ClF6N3O3/c16-10-6(14(17,18)19)1-4(2-7(10)15(20,21)22)25-8(26)3-5-9(11(25)23)13(28)24-12(5)27/h1-3H,23H2,(H,24,27,28). The molecule has 0 unspecified atom stereocenters. The summed E-state index contributed by atoms with van der Waals surface area (Å²) in [7, 11) is 0. The Kier molecular flexibility index (Phi) is 4.22. The van der Waals surface area contributed by atoms with Gasteiger partial charge in [-0.1, -0.05) is 11.6 Å². The number of rotatable bonds is 1. The van der Waals surface area contributed by atoms with Crippen LogP contribution in [0.2, 0.25) is 5.02 Å². The van der Waals surface area contributed by atoms with E-state index in [0.717, 1.165) is 0 Å². The summed E-state index contributed by atoms with van der Waals surface area (Å²) in [5, 5.41) is 0.211. The van der Waals surface area contributed by atoms with Crippen LogP contribution in [-0.4, -0.2) is 16.4 Å². The van der Waals surface area contributed by atoms with Gasteiger partial charge in [0.15, 0.2) is 0 Å². The lowest BCUT2D eigenvalue weighted by Gasteiger charge is -2.19. The number of halogens is 7. The summed E-state index contributed by atoms with van der Waals surface area (Å²) >= 11 is 5.29. The maximum atomic E-state index is 13.2. The van der Waals surface area contributed by atoms with Crippen molar-refractivity contribution < 1.29 is 35.9 Å². The molecule has 2 heterocycles. The van der Waals surface area contributed by atoms with E-state index in [-0.39, 0.29) is 16.7 Å². The molecule has 3 rings (SSSR count). The van der Waals surface area contributed by atoms with Gasteiger partial charge in [-0.05, 0) is 12.1 Å². The van der Waals surface area contributed by atoms with Crippen molar-refractivity contribution in [2.75, 3.05) is 5.73 Å². The Balaban J connectivity index is 2.41. The number of hydrogen-bond acceptors (Lipinski definition) is 4. The molecule has 0 aliphatic carbocycles. The Bertz CT molecular complexity index is 1070. The third-order valence-corrected chi connectivity index (χ3v) is 4.29. The maximum absolute atomic E-state index is 13.2. The number of fused-ring (bicyclic) bond motifs is 1. The first-order valence-electron chi connectivity index (χ1n) is 7.13. The maximum Gasteiger partial charge on any atom is 0.417 e. The first-order valence-corrected chi connectivity index (χ1v) is 7.50. The summed E-state index contributed by atoms with van der Waals surface area (Å²) in [6.07, 6.45) is -10.6. The lowest BCUT2D eigenvalue weighted by molar-refractivity contribution is -0.142. The van der Waals surface area contributed by atoms with Crippen LogP contribution in [0, 0.1) is 0 Å². The zero-order valence-electron chi connectivity index (χ0n) is 13.1. The molecule has 28 heavy (non-hydrogen) atoms. The minimum atomic E-state index is -5.28. The predicted molar refractivity (Wildman–Crippen MR) is 83.3 cm³/mol. The van der Waals surface area contributed by atoms with Crippen molar-refractivity contribution in [3.63, 3.8) is 0 Å². The fourth-order valence-corrected chi connectivity index (χ4v) is 3.02. The molecule has 148 valence electrons. The molecule has 0 atom stereocenters. The number of pyridine rings is 1. The number of hydrogen-bond donors (Lipinski definition) is 2. The van der Waals surface area contributed by atoms with E-state index < -0.39 is 68.5 Å². The van der Waals surface area contributed by atoms with E-state index in [4.69, 9.17) is 17.3 Å². The van der Waals surface area contributed by atoms with Crippen LogP contribution in [0.5, 0.6) is 0 Å². The molecule has 13 heteroatoms. The lowest BCUT2D eigenvalue weighted by atomic mass is 10.1. The number of amides is 2. The molecule has 2 amide bonds. The number of nitrogens with two attached hydrogens (primary N) is 1. The monoisotopic (exact) mass is 425 g/mol. The SMILES string of the molecule is Nc1c2c(cc(=O)n1-c1cc(C(F)(F)F)c(Cl)c(C(F)(F)F)c1)C(=O)NC2=O. The van der Waals surface area contributed by atoms with Crippen molar-refractivity contribution in [2.24, 2.45) is 0 Å². The molecule has 0 bridgehead atoms. The number of aromatic nitrogens is 1. The van der Waals surface area contributed by atoms with Crippen LogP contribution in [0.1, 0.15) is 31.8 Å². The van der Waals surface area contributed by atoms with E-state index in [2.05, 4.69) is 0 Å². The number of nitrogens with zero attached hydrogens (tertiary/aromatic N) is 1. The van der Waals surface area contributed by atoms with Crippen molar-refractivity contribution in [3.8, 4) is 5.69 Å². The highest BCUT2D eigenvalue weighted by atomic mass is 35.5. The predicted octanol–water partition coefficient (Wildman–Crippen LogP) is 2.99. The Morgan fingerprint density at radius 2 is 1.39 bits per heavy atom. The number of carbonyl (C=O) groups excluding carboxylic acids is 2. The number of alkyl halides is 6. The Labute approximate surface area is 155 Å². The summed E-state index contributed by atoms with van der Waals surface area (Å²) < 4.78 is 79.3. The Morgan fingerprint density at radius 1 is 0.893 bits per heavy atom. The minimum absolute atomic E-state index is 0.191. The number of anilines is 1. The van der Waals surface area contributed by atoms with Gasteiger partial charge in [-0.2, -0.15) is 26.3 Å². The molecule has 6 nitrogen and oxygen atoms in total. The van der Waals surface area contributed by atoms with Gasteiger partial charge in [-0.15, -0.1) is 0 Å². The van der Waals surface area contributed by atoms with E-state index in [1.54, 1.807) is 0 Å². The highest BCUT2D eigenvalue weighted by molar-refractivity contribution is 6.32. The van der Waals surface area contributed by atoms with Gasteiger partial charge in [0.2, 0.25) is 0 Å². The van der Waals surface area contributed by atoms with Crippen LogP contribution in [-0.2, 0) is 12.4 Å². The third kappa shape index (κ3) is 2.99. The highest BCUT2D eigenvalue weighted by Crippen LogP contribution is 2.43. The average molecular weight is 426 g/mol. The molecule has 0 radical (unpaired) electrons. The van der Waals surface area contributed by atoms with Crippen LogP contribution in [0.25, 0.3) is 5.69 Å². The van der Waals surface area contributed by atoms with Crippen molar-refractivity contribution in [1.29, 1.82) is 0 Å². The van der Waals surface area contributed by atoms with Crippen LogP contribution in [0.3, 0.4) is 0 Å². The molecular formula is C15H6ClF6N3O3. The number of benzene rings is 1. The van der Waals surface area contributed by atoms with Gasteiger partial charge in [0.05, 0.1) is 33.0 Å². The summed E-state index contributed by atoms with van der Waals surface area (Å²) in [5.41, 5.74) is -1.21. The van der Waals surface area contributed by atoms with Crippen LogP contribution >= 0.6 is 11.6 Å². The smallest absolute Gasteiger partial charge is 0.384 e. The second kappa shape index (κ2) is 5.99. The molecular weight excluding hydrogens is 420 g/mol. The number of imide groups is 1. The van der Waals surface area contributed by atoms with E-state index >= 15 is 0 Å². The molecule has 0 saturated heterocycles. The summed E-state index contributed by atoms with van der Waals surface area (Å²) in [6, 6.07) is 0.966. The van der Waals surface area contributed by atoms with Gasteiger partial charge in [-0.3, -0.25) is 24.3 Å². The van der Waals surface area contributed by atoms with Gasteiger partial charge in [0.1, 0.15) is 5.82 Å². The molecule has 0 saturated carbocycles. The van der Waals surface area contributed by atoms with E-state index in [1.165, 1.54) is 0 Å². The molecule has 1 aromatic heterocycles. The van der Waals surface area contributed by atoms with Gasteiger partial charge >= 0.3 is 12.4 Å². The van der Waals surface area contributed by atoms with Crippen molar-refractivity contribution in [3.05, 3.63) is 55.8 Å². The van der Waals surface area contributed by atoms with E-state index in [0.29, 0.717) is 6.07 Å². The third-order valence-electron chi connectivity index (χ3n) is 3.88. The molecule has 0 fully saturated rings. The summed E-state index contributed by atoms with van der Waals surface area (Å²) in [6.45, 7) is 0. The number of nitrogens with one attached hydrogen (secondary N) is 1. The molecule has 0 spiro atoms. The average Bonchev–Trinajstić information content (AvgIpc) is 2.80. The molecule has 1 aliphatic heterocycles. The van der Waals surface area contributed by atoms with Crippen molar-refractivity contribution in [1.82, 2.24) is 9.88 Å². The second-order valence-corrected chi connectivity index (χ2v) is 6.00.